The van der Waals surface area contributed by atoms with Crippen LogP contribution in [0.25, 0.3) is 0 Å². The average molecular weight is 575 g/mol. The van der Waals surface area contributed by atoms with E-state index in [0.29, 0.717) is 59.3 Å². The van der Waals surface area contributed by atoms with E-state index in [-0.39, 0.29) is 30.0 Å². The maximum Gasteiger partial charge on any atom is 0.265 e. The zero-order valence-electron chi connectivity index (χ0n) is 18.4. The standard InChI is InChI=1S/C23H23BrCl2FN3O4/c1-28(20(11-29-4-6-33-7-5-29)14-2-3-15(24)18(27)8-14)22(31)12-30-19-9-16(25)17(26)10-21(19)34-13-23(30)32/h2-3,8-10,20H,4-7,11-13H2,1H3. The van der Waals surface area contributed by atoms with Crippen LogP contribution in [0.3, 0.4) is 0 Å². The number of anilines is 1. The van der Waals surface area contributed by atoms with Crippen molar-refractivity contribution in [2.24, 2.45) is 0 Å². The molecule has 2 aromatic carbocycles. The van der Waals surface area contributed by atoms with Crippen molar-refractivity contribution < 1.29 is 23.5 Å². The number of carbonyl (C=O) groups excluding carboxylic acids is 2. The third kappa shape index (κ3) is 5.49. The molecule has 2 aliphatic heterocycles. The van der Waals surface area contributed by atoms with Crippen molar-refractivity contribution in [3.8, 4) is 5.75 Å². The predicted octanol–water partition coefficient (Wildman–Crippen LogP) is 4.15. The number of hydrogen-bond donors (Lipinski definition) is 0. The molecule has 0 saturated carbocycles. The zero-order chi connectivity index (χ0) is 24.4. The normalized spacial score (nSPS) is 17.2. The number of rotatable bonds is 6. The van der Waals surface area contributed by atoms with Crippen molar-refractivity contribution >= 4 is 56.6 Å². The summed E-state index contributed by atoms with van der Waals surface area (Å²) in [5, 5.41) is 0.543. The van der Waals surface area contributed by atoms with Crippen LogP contribution in [0.2, 0.25) is 10.0 Å². The topological polar surface area (TPSA) is 62.3 Å². The fourth-order valence-electron chi connectivity index (χ4n) is 3.99. The molecule has 0 aliphatic carbocycles. The molecular weight excluding hydrogens is 552 g/mol. The first kappa shape index (κ1) is 25.2. The lowest BCUT2D eigenvalue weighted by Gasteiger charge is -2.37. The van der Waals surface area contributed by atoms with Gasteiger partial charge in [0.25, 0.3) is 5.91 Å². The summed E-state index contributed by atoms with van der Waals surface area (Å²) in [6, 6.07) is 7.45. The maximum atomic E-state index is 14.4. The Bertz CT molecular complexity index is 1100. The minimum atomic E-state index is -0.433. The van der Waals surface area contributed by atoms with Crippen molar-refractivity contribution in [1.82, 2.24) is 9.80 Å². The number of nitrogens with zero attached hydrogens (tertiary/aromatic N) is 3. The van der Waals surface area contributed by atoms with Gasteiger partial charge in [-0.3, -0.25) is 19.4 Å². The molecule has 1 atom stereocenters. The van der Waals surface area contributed by atoms with Gasteiger partial charge in [0.15, 0.2) is 6.61 Å². The van der Waals surface area contributed by atoms with E-state index in [1.165, 1.54) is 23.1 Å². The molecule has 1 unspecified atom stereocenters. The number of hydrogen-bond acceptors (Lipinski definition) is 5. The van der Waals surface area contributed by atoms with Gasteiger partial charge < -0.3 is 14.4 Å². The summed E-state index contributed by atoms with van der Waals surface area (Å²) in [6.07, 6.45) is 0. The van der Waals surface area contributed by atoms with Crippen LogP contribution in [0.15, 0.2) is 34.8 Å². The molecule has 4 rings (SSSR count). The second-order valence-corrected chi connectivity index (χ2v) is 9.78. The lowest BCUT2D eigenvalue weighted by atomic mass is 10.0. The number of morpholine rings is 1. The van der Waals surface area contributed by atoms with E-state index < -0.39 is 11.9 Å². The van der Waals surface area contributed by atoms with Gasteiger partial charge in [-0.05, 0) is 39.7 Å². The summed E-state index contributed by atoms with van der Waals surface area (Å²) in [5.41, 5.74) is 1.04. The van der Waals surface area contributed by atoms with Gasteiger partial charge in [0.1, 0.15) is 18.1 Å². The fraction of sp³-hybridized carbons (Fsp3) is 0.391. The number of benzene rings is 2. The molecule has 2 heterocycles. The zero-order valence-corrected chi connectivity index (χ0v) is 21.5. The van der Waals surface area contributed by atoms with Gasteiger partial charge in [-0.15, -0.1) is 0 Å². The molecule has 0 aromatic heterocycles. The second kappa shape index (κ2) is 10.8. The molecule has 182 valence electrons. The molecule has 2 amide bonds. The maximum absolute atomic E-state index is 14.4. The number of ether oxygens (including phenoxy) is 2. The summed E-state index contributed by atoms with van der Waals surface area (Å²) >= 11 is 15.4. The molecule has 11 heteroatoms. The average Bonchev–Trinajstić information content (AvgIpc) is 2.82. The van der Waals surface area contributed by atoms with Crippen molar-refractivity contribution in [1.29, 1.82) is 0 Å². The quantitative estimate of drug-likeness (QED) is 0.519. The molecule has 1 saturated heterocycles. The van der Waals surface area contributed by atoms with Gasteiger partial charge in [-0.2, -0.15) is 0 Å². The van der Waals surface area contributed by atoms with Crippen LogP contribution in [0.5, 0.6) is 5.75 Å². The Balaban J connectivity index is 1.59. The number of carbonyl (C=O) groups is 2. The fourth-order valence-corrected chi connectivity index (χ4v) is 4.55. The van der Waals surface area contributed by atoms with Crippen LogP contribution < -0.4 is 9.64 Å². The van der Waals surface area contributed by atoms with E-state index in [4.69, 9.17) is 32.7 Å². The Morgan fingerprint density at radius 1 is 1.21 bits per heavy atom. The third-order valence-corrected chi connectivity index (χ3v) is 7.33. The van der Waals surface area contributed by atoms with Gasteiger partial charge in [-0.25, -0.2) is 4.39 Å². The van der Waals surface area contributed by atoms with Crippen LogP contribution in [0.1, 0.15) is 11.6 Å². The lowest BCUT2D eigenvalue weighted by Crippen LogP contribution is -2.48. The van der Waals surface area contributed by atoms with Crippen molar-refractivity contribution in [3.05, 3.63) is 56.2 Å². The summed E-state index contributed by atoms with van der Waals surface area (Å²) in [5.74, 6) is -0.709. The molecule has 0 radical (unpaired) electrons. The molecule has 2 aromatic rings. The van der Waals surface area contributed by atoms with Crippen LogP contribution >= 0.6 is 39.1 Å². The number of likely N-dealkylation sites (N-methyl/N-ethyl adjacent to an activating group) is 1. The van der Waals surface area contributed by atoms with Gasteiger partial charge in [0, 0.05) is 32.7 Å². The van der Waals surface area contributed by atoms with E-state index >= 15 is 0 Å². The first-order valence-electron chi connectivity index (χ1n) is 10.7. The van der Waals surface area contributed by atoms with E-state index in [2.05, 4.69) is 20.8 Å². The summed E-state index contributed by atoms with van der Waals surface area (Å²) in [4.78, 5) is 31.1. The van der Waals surface area contributed by atoms with Crippen molar-refractivity contribution in [3.63, 3.8) is 0 Å². The van der Waals surface area contributed by atoms with Gasteiger partial charge in [0.2, 0.25) is 5.91 Å². The lowest BCUT2D eigenvalue weighted by molar-refractivity contribution is -0.133. The van der Waals surface area contributed by atoms with E-state index in [1.807, 2.05) is 0 Å². The smallest absolute Gasteiger partial charge is 0.265 e. The second-order valence-electron chi connectivity index (χ2n) is 8.11. The number of fused-ring (bicyclic) bond motifs is 1. The minimum absolute atomic E-state index is 0.211. The highest BCUT2D eigenvalue weighted by molar-refractivity contribution is 9.10. The molecule has 0 spiro atoms. The highest BCUT2D eigenvalue weighted by atomic mass is 79.9. The summed E-state index contributed by atoms with van der Waals surface area (Å²) in [7, 11) is 1.66. The largest absolute Gasteiger partial charge is 0.482 e. The van der Waals surface area contributed by atoms with E-state index in [1.54, 1.807) is 24.1 Å². The molecule has 0 N–H and O–H groups in total. The molecule has 7 nitrogen and oxygen atoms in total. The van der Waals surface area contributed by atoms with Gasteiger partial charge in [-0.1, -0.05) is 29.3 Å². The third-order valence-electron chi connectivity index (χ3n) is 5.96. The molecular formula is C23H23BrCl2FN3O4. The Morgan fingerprint density at radius 3 is 2.62 bits per heavy atom. The minimum Gasteiger partial charge on any atom is -0.482 e. The van der Waals surface area contributed by atoms with Crippen LogP contribution in [0.4, 0.5) is 10.1 Å². The van der Waals surface area contributed by atoms with E-state index in [9.17, 15) is 14.0 Å². The highest BCUT2D eigenvalue weighted by Gasteiger charge is 2.32. The number of halogens is 4. The molecule has 2 aliphatic rings. The SMILES string of the molecule is CN(C(=O)CN1C(=O)COc2cc(Cl)c(Cl)cc21)C(CN1CCOCC1)c1ccc(Br)c(F)c1. The summed E-state index contributed by atoms with van der Waals surface area (Å²) in [6.45, 7) is 2.70. The monoisotopic (exact) mass is 573 g/mol. The molecule has 0 bridgehead atoms. The van der Waals surface area contributed by atoms with Gasteiger partial charge >= 0.3 is 0 Å². The first-order valence-corrected chi connectivity index (χ1v) is 12.2. The van der Waals surface area contributed by atoms with Crippen LogP contribution in [-0.4, -0.2) is 74.7 Å². The highest BCUT2D eigenvalue weighted by Crippen LogP contribution is 2.39. The summed E-state index contributed by atoms with van der Waals surface area (Å²) < 4.78 is 25.6. The van der Waals surface area contributed by atoms with Crippen LogP contribution in [-0.2, 0) is 14.3 Å². The molecule has 1 fully saturated rings. The Hall–Kier alpha value is -1.91. The van der Waals surface area contributed by atoms with Crippen molar-refractivity contribution in [2.75, 3.05) is 57.9 Å². The first-order chi connectivity index (χ1) is 16.2. The Kier molecular flexibility index (Phi) is 7.99. The Labute approximate surface area is 215 Å². The van der Waals surface area contributed by atoms with E-state index in [0.717, 1.165) is 0 Å². The number of amides is 2. The molecule has 34 heavy (non-hydrogen) atoms. The van der Waals surface area contributed by atoms with Crippen molar-refractivity contribution in [2.45, 2.75) is 6.04 Å². The Morgan fingerprint density at radius 2 is 1.91 bits per heavy atom. The van der Waals surface area contributed by atoms with Gasteiger partial charge in [0.05, 0.1) is 39.5 Å². The predicted molar refractivity (Wildman–Crippen MR) is 131 cm³/mol. The van der Waals surface area contributed by atoms with Crippen LogP contribution in [0, 0.1) is 5.82 Å².